The van der Waals surface area contributed by atoms with Crippen LogP contribution < -0.4 is 5.32 Å². The van der Waals surface area contributed by atoms with Crippen molar-refractivity contribution in [3.05, 3.63) is 35.9 Å². The highest BCUT2D eigenvalue weighted by atomic mass is 16.5. The minimum absolute atomic E-state index is 0.264. The molecule has 3 aliphatic rings. The van der Waals surface area contributed by atoms with Crippen molar-refractivity contribution in [3.63, 3.8) is 0 Å². The molecule has 2 aliphatic heterocycles. The molecule has 1 saturated carbocycles. The van der Waals surface area contributed by atoms with Crippen LogP contribution in [0.5, 0.6) is 0 Å². The van der Waals surface area contributed by atoms with Crippen LogP contribution >= 0.6 is 0 Å². The lowest BCUT2D eigenvalue weighted by molar-refractivity contribution is -0.0502. The molecule has 0 spiro atoms. The van der Waals surface area contributed by atoms with Crippen molar-refractivity contribution < 1.29 is 9.47 Å². The summed E-state index contributed by atoms with van der Waals surface area (Å²) in [4.78, 5) is 10.1. The highest BCUT2D eigenvalue weighted by Gasteiger charge is 2.43. The van der Waals surface area contributed by atoms with Gasteiger partial charge in [0.05, 0.1) is 18.8 Å². The number of hydrogen-bond acceptors (Lipinski definition) is 4. The van der Waals surface area contributed by atoms with Crippen molar-refractivity contribution in [3.8, 4) is 0 Å². The molecule has 3 fully saturated rings. The van der Waals surface area contributed by atoms with Crippen molar-refractivity contribution >= 4 is 5.96 Å². The molecule has 6 nitrogen and oxygen atoms in total. The van der Waals surface area contributed by atoms with Crippen molar-refractivity contribution in [1.82, 2.24) is 15.1 Å². The lowest BCUT2D eigenvalue weighted by Crippen LogP contribution is -2.50. The van der Waals surface area contributed by atoms with E-state index in [1.54, 1.807) is 7.11 Å². The summed E-state index contributed by atoms with van der Waals surface area (Å²) in [5, 5.41) is 3.53. The van der Waals surface area contributed by atoms with Gasteiger partial charge in [-0.25, -0.2) is 0 Å². The van der Waals surface area contributed by atoms with Crippen LogP contribution in [0, 0.1) is 5.41 Å². The van der Waals surface area contributed by atoms with Crippen molar-refractivity contribution in [2.24, 2.45) is 10.4 Å². The summed E-state index contributed by atoms with van der Waals surface area (Å²) >= 11 is 0. The van der Waals surface area contributed by atoms with E-state index in [1.807, 2.05) is 0 Å². The summed E-state index contributed by atoms with van der Waals surface area (Å²) < 4.78 is 11.5. The van der Waals surface area contributed by atoms with Gasteiger partial charge in [-0.2, -0.15) is 0 Å². The first kappa shape index (κ1) is 20.6. The molecule has 0 aromatic heterocycles. The van der Waals surface area contributed by atoms with Gasteiger partial charge in [0.2, 0.25) is 0 Å². The van der Waals surface area contributed by atoms with Crippen LogP contribution in [0.15, 0.2) is 35.3 Å². The normalized spacial score (nSPS) is 26.4. The molecule has 2 saturated heterocycles. The smallest absolute Gasteiger partial charge is 0.194 e. The van der Waals surface area contributed by atoms with E-state index >= 15 is 0 Å². The lowest BCUT2D eigenvalue weighted by atomic mass is 10.0. The number of guanidine groups is 1. The van der Waals surface area contributed by atoms with Crippen LogP contribution in [0.3, 0.4) is 0 Å². The molecule has 1 aromatic rings. The fourth-order valence-corrected chi connectivity index (χ4v) is 4.60. The van der Waals surface area contributed by atoms with Gasteiger partial charge in [0, 0.05) is 53.0 Å². The molecule has 4 rings (SSSR count). The number of methoxy groups -OCH3 is 1. The number of benzene rings is 1. The third-order valence-electron chi connectivity index (χ3n) is 6.64. The molecule has 29 heavy (non-hydrogen) atoms. The van der Waals surface area contributed by atoms with E-state index in [9.17, 15) is 0 Å². The minimum Gasteiger partial charge on any atom is -0.385 e. The molecule has 2 atom stereocenters. The molecule has 1 aromatic carbocycles. The number of aliphatic imine (C=N–C) groups is 1. The number of morpholine rings is 1. The second-order valence-electron chi connectivity index (χ2n) is 8.75. The number of rotatable bonds is 8. The SMILES string of the molecule is CCNC(=NCC1(CCOC)CC1)N1CC2OCCN(Cc3ccccc3)C2C1. The molecule has 160 valence electrons. The number of ether oxygens (including phenoxy) is 2. The topological polar surface area (TPSA) is 49.3 Å². The maximum absolute atomic E-state index is 6.16. The standard InChI is InChI=1S/C23H36N4O2/c1-3-24-22(25-18-23(9-10-23)11-13-28-2)27-16-20-21(17-27)29-14-12-26(20)15-19-7-5-4-6-8-19/h4-8,20-21H,3,9-18H2,1-2H3,(H,24,25). The zero-order chi connectivity index (χ0) is 20.1. The summed E-state index contributed by atoms with van der Waals surface area (Å²) in [6.45, 7) is 9.49. The third kappa shape index (κ3) is 5.11. The predicted molar refractivity (Wildman–Crippen MR) is 116 cm³/mol. The highest BCUT2D eigenvalue weighted by Crippen LogP contribution is 2.49. The van der Waals surface area contributed by atoms with Gasteiger partial charge < -0.3 is 19.7 Å². The Kier molecular flexibility index (Phi) is 6.73. The molecule has 1 N–H and O–H groups in total. The van der Waals surface area contributed by atoms with Gasteiger partial charge in [0.15, 0.2) is 5.96 Å². The van der Waals surface area contributed by atoms with Crippen LogP contribution in [0.2, 0.25) is 0 Å². The highest BCUT2D eigenvalue weighted by molar-refractivity contribution is 5.80. The van der Waals surface area contributed by atoms with Gasteiger partial charge in [0.25, 0.3) is 0 Å². The first-order valence-corrected chi connectivity index (χ1v) is 11.1. The molecular weight excluding hydrogens is 364 g/mol. The van der Waals surface area contributed by atoms with Crippen LogP contribution in [-0.2, 0) is 16.0 Å². The summed E-state index contributed by atoms with van der Waals surface area (Å²) in [5.41, 5.74) is 1.75. The van der Waals surface area contributed by atoms with E-state index in [4.69, 9.17) is 14.5 Å². The Morgan fingerprint density at radius 2 is 2.10 bits per heavy atom. The van der Waals surface area contributed by atoms with Gasteiger partial charge in [-0.1, -0.05) is 30.3 Å². The molecule has 6 heteroatoms. The Bertz CT molecular complexity index is 677. The average Bonchev–Trinajstić information content (AvgIpc) is 3.38. The number of nitrogens with zero attached hydrogens (tertiary/aromatic N) is 3. The van der Waals surface area contributed by atoms with E-state index in [-0.39, 0.29) is 6.10 Å². The fourth-order valence-electron chi connectivity index (χ4n) is 4.60. The fraction of sp³-hybridized carbons (Fsp3) is 0.696. The number of fused-ring (bicyclic) bond motifs is 1. The predicted octanol–water partition coefficient (Wildman–Crippen LogP) is 2.35. The van der Waals surface area contributed by atoms with E-state index in [0.717, 1.165) is 64.9 Å². The lowest BCUT2D eigenvalue weighted by Gasteiger charge is -2.36. The van der Waals surface area contributed by atoms with Gasteiger partial charge in [-0.3, -0.25) is 9.89 Å². The third-order valence-corrected chi connectivity index (χ3v) is 6.64. The van der Waals surface area contributed by atoms with Crippen molar-refractivity contribution in [2.45, 2.75) is 44.9 Å². The number of hydrogen-bond donors (Lipinski definition) is 1. The Morgan fingerprint density at radius 1 is 1.28 bits per heavy atom. The summed E-state index contributed by atoms with van der Waals surface area (Å²) in [5.74, 6) is 1.05. The Hall–Kier alpha value is -1.63. The van der Waals surface area contributed by atoms with Crippen LogP contribution in [0.25, 0.3) is 0 Å². The van der Waals surface area contributed by atoms with Gasteiger partial charge >= 0.3 is 0 Å². The molecule has 0 radical (unpaired) electrons. The van der Waals surface area contributed by atoms with Crippen LogP contribution in [0.1, 0.15) is 31.7 Å². The van der Waals surface area contributed by atoms with E-state index < -0.39 is 0 Å². The first-order valence-electron chi connectivity index (χ1n) is 11.1. The summed E-state index contributed by atoms with van der Waals surface area (Å²) in [6.07, 6.45) is 3.93. The minimum atomic E-state index is 0.264. The molecule has 2 unspecified atom stereocenters. The van der Waals surface area contributed by atoms with E-state index in [2.05, 4.69) is 52.4 Å². The maximum atomic E-state index is 6.16. The van der Waals surface area contributed by atoms with Crippen LogP contribution in [-0.4, -0.2) is 81.0 Å². The quantitative estimate of drug-likeness (QED) is 0.536. The average molecular weight is 401 g/mol. The van der Waals surface area contributed by atoms with Gasteiger partial charge in [-0.15, -0.1) is 0 Å². The largest absolute Gasteiger partial charge is 0.385 e. The molecule has 0 bridgehead atoms. The molecule has 2 heterocycles. The maximum Gasteiger partial charge on any atom is 0.194 e. The number of likely N-dealkylation sites (tertiary alicyclic amines) is 1. The molecule has 1 aliphatic carbocycles. The van der Waals surface area contributed by atoms with Crippen LogP contribution in [0.4, 0.5) is 0 Å². The number of nitrogens with one attached hydrogen (secondary N) is 1. The Balaban J connectivity index is 1.40. The van der Waals surface area contributed by atoms with Crippen molar-refractivity contribution in [1.29, 1.82) is 0 Å². The van der Waals surface area contributed by atoms with E-state index in [0.29, 0.717) is 11.5 Å². The van der Waals surface area contributed by atoms with E-state index in [1.165, 1.54) is 18.4 Å². The van der Waals surface area contributed by atoms with Gasteiger partial charge in [-0.05, 0) is 37.2 Å². The summed E-state index contributed by atoms with van der Waals surface area (Å²) in [6, 6.07) is 11.2. The Labute approximate surface area is 175 Å². The molecular formula is C23H36N4O2. The molecule has 0 amide bonds. The first-order chi connectivity index (χ1) is 14.2. The second-order valence-corrected chi connectivity index (χ2v) is 8.75. The second kappa shape index (κ2) is 9.45. The monoisotopic (exact) mass is 400 g/mol. The van der Waals surface area contributed by atoms with Crippen molar-refractivity contribution in [2.75, 3.05) is 53.0 Å². The zero-order valence-corrected chi connectivity index (χ0v) is 18.0. The summed E-state index contributed by atoms with van der Waals surface area (Å²) in [7, 11) is 1.79. The zero-order valence-electron chi connectivity index (χ0n) is 18.0. The van der Waals surface area contributed by atoms with Gasteiger partial charge in [0.1, 0.15) is 0 Å². The Morgan fingerprint density at radius 3 is 2.83 bits per heavy atom.